The number of hydrogen-bond donors (Lipinski definition) is 0. The Morgan fingerprint density at radius 2 is 1.06 bits per heavy atom. The number of aryl methyl sites for hydroxylation is 1. The average molecular weight is 825 g/mol. The molecule has 0 spiro atoms. The van der Waals surface area contributed by atoms with Gasteiger partial charge in [-0.25, -0.2) is 0 Å². The third-order valence-corrected chi connectivity index (χ3v) is 10.2. The van der Waals surface area contributed by atoms with E-state index in [-0.39, 0.29) is 10.8 Å². The summed E-state index contributed by atoms with van der Waals surface area (Å²) in [6.07, 6.45) is 8.04. The van der Waals surface area contributed by atoms with Crippen LogP contribution in [0, 0.1) is 0 Å². The Hall–Kier alpha value is -2.22. The Morgan fingerprint density at radius 1 is 0.635 bits per heavy atom. The summed E-state index contributed by atoms with van der Waals surface area (Å²) in [7, 11) is 11.0. The first-order valence-electron chi connectivity index (χ1n) is 19.0. The van der Waals surface area contributed by atoms with Crippen molar-refractivity contribution >= 4 is 48.1 Å². The topological polar surface area (TPSA) is 0 Å². The van der Waals surface area contributed by atoms with E-state index >= 15 is 0 Å². The molecular formula is C48H58Cl2SiZr. The summed E-state index contributed by atoms with van der Waals surface area (Å²) in [5.74, 6) is 0.775. The van der Waals surface area contributed by atoms with Gasteiger partial charge in [-0.1, -0.05) is 153 Å². The summed E-state index contributed by atoms with van der Waals surface area (Å²) in [5, 5.41) is 5.55. The van der Waals surface area contributed by atoms with Crippen molar-refractivity contribution < 1.29 is 20.8 Å². The van der Waals surface area contributed by atoms with E-state index in [1.54, 1.807) is 5.56 Å². The molecule has 7 rings (SSSR count). The molecule has 6 aromatic carbocycles. The molecule has 0 bridgehead atoms. The normalized spacial score (nSPS) is 13.3. The van der Waals surface area contributed by atoms with Crippen molar-refractivity contribution in [2.45, 2.75) is 117 Å². The second kappa shape index (κ2) is 19.9. The quantitative estimate of drug-likeness (QED) is 0.123. The predicted molar refractivity (Wildman–Crippen MR) is 232 cm³/mol. The van der Waals surface area contributed by atoms with Gasteiger partial charge in [-0.2, -0.15) is 12.1 Å². The first-order chi connectivity index (χ1) is 24.8. The summed E-state index contributed by atoms with van der Waals surface area (Å²) in [6.45, 7) is 20.1. The molecule has 1 aliphatic rings. The van der Waals surface area contributed by atoms with E-state index < -0.39 is 20.8 Å². The van der Waals surface area contributed by atoms with Crippen molar-refractivity contribution in [1.29, 1.82) is 0 Å². The summed E-state index contributed by atoms with van der Waals surface area (Å²) in [5.41, 5.74) is 11.5. The molecule has 0 saturated heterocycles. The molecule has 1 saturated carbocycles. The van der Waals surface area contributed by atoms with Crippen LogP contribution in [0.5, 0.6) is 0 Å². The van der Waals surface area contributed by atoms with E-state index in [0.717, 1.165) is 21.9 Å². The van der Waals surface area contributed by atoms with Gasteiger partial charge in [-0.3, -0.25) is 0 Å². The van der Waals surface area contributed by atoms with Crippen LogP contribution in [0.3, 0.4) is 0 Å². The molecule has 0 unspecified atom stereocenters. The molecule has 0 N–H and O–H groups in total. The molecule has 6 aromatic rings. The molecule has 4 heteroatoms. The van der Waals surface area contributed by atoms with Crippen molar-refractivity contribution in [3.63, 3.8) is 0 Å². The van der Waals surface area contributed by atoms with Gasteiger partial charge in [-0.15, -0.1) is 69.1 Å². The molecule has 1 aliphatic carbocycles. The minimum absolute atomic E-state index is 0.207. The Bertz CT molecular complexity index is 1940. The fourth-order valence-electron chi connectivity index (χ4n) is 7.23. The Balaban J connectivity index is 0.000000205. The average Bonchev–Trinajstić information content (AvgIpc) is 3.77. The fourth-order valence-corrected chi connectivity index (χ4v) is 7.23. The van der Waals surface area contributed by atoms with Crippen molar-refractivity contribution in [2.24, 2.45) is 0 Å². The van der Waals surface area contributed by atoms with Crippen LogP contribution in [0.1, 0.15) is 109 Å². The maximum absolute atomic E-state index is 4.93. The first-order valence-corrected chi connectivity index (χ1v) is 27.3. The van der Waals surface area contributed by atoms with Gasteiger partial charge in [0.2, 0.25) is 0 Å². The zero-order chi connectivity index (χ0) is 37.9. The second-order valence-corrected chi connectivity index (χ2v) is 20.9. The van der Waals surface area contributed by atoms with Crippen molar-refractivity contribution in [1.82, 2.24) is 0 Å². The van der Waals surface area contributed by atoms with E-state index in [4.69, 9.17) is 17.0 Å². The van der Waals surface area contributed by atoms with Crippen LogP contribution in [-0.2, 0) is 38.1 Å². The van der Waals surface area contributed by atoms with Crippen LogP contribution in [0.25, 0.3) is 43.8 Å². The van der Waals surface area contributed by atoms with Gasteiger partial charge in [0, 0.05) is 9.52 Å². The third-order valence-electron chi connectivity index (χ3n) is 10.2. The van der Waals surface area contributed by atoms with Crippen LogP contribution < -0.4 is 0 Å². The fraction of sp³-hybridized carbons (Fsp3) is 0.375. The van der Waals surface area contributed by atoms with Crippen molar-refractivity contribution in [3.05, 3.63) is 131 Å². The van der Waals surface area contributed by atoms with E-state index in [0.29, 0.717) is 0 Å². The Morgan fingerprint density at radius 3 is 1.48 bits per heavy atom. The van der Waals surface area contributed by atoms with E-state index in [2.05, 4.69) is 171 Å². The zero-order valence-electron chi connectivity index (χ0n) is 33.0. The van der Waals surface area contributed by atoms with Crippen molar-refractivity contribution in [2.75, 3.05) is 0 Å². The summed E-state index contributed by atoms with van der Waals surface area (Å²) in [4.78, 5) is 0. The molecule has 0 aliphatic heterocycles. The molecule has 0 amide bonds. The van der Waals surface area contributed by atoms with Gasteiger partial charge in [0.05, 0.1) is 0 Å². The van der Waals surface area contributed by atoms with Gasteiger partial charge in [0.15, 0.2) is 0 Å². The number of halogens is 2. The Kier molecular flexibility index (Phi) is 16.3. The number of fused-ring (bicyclic) bond motifs is 2. The van der Waals surface area contributed by atoms with Gasteiger partial charge in [0.25, 0.3) is 0 Å². The van der Waals surface area contributed by atoms with Crippen LogP contribution in [0.15, 0.2) is 109 Å². The predicted octanol–water partition coefficient (Wildman–Crippen LogP) is 15.8. The minimum atomic E-state index is -0.826. The molecule has 0 nitrogen and oxygen atoms in total. The van der Waals surface area contributed by atoms with E-state index in [1.165, 1.54) is 92.6 Å². The molecule has 1 fully saturated rings. The molecule has 2 radical (unpaired) electrons. The monoisotopic (exact) mass is 822 g/mol. The number of hydrogen-bond acceptors (Lipinski definition) is 0. The molecule has 0 atom stereocenters. The van der Waals surface area contributed by atoms with Gasteiger partial charge >= 0.3 is 37.9 Å². The SMILES string of the molecule is CC(C)(C)c1ccc(-c2cccc3[cH-]c(C4CCCCC4)cc23)cc1.CCc1cc2c(-c3ccc(C(C)(C)C)cc3)cccc2[cH-]1.C[Si]C.[Cl][Zr+2][Cl]. The van der Waals surface area contributed by atoms with Gasteiger partial charge < -0.3 is 0 Å². The maximum atomic E-state index is 4.93. The summed E-state index contributed by atoms with van der Waals surface area (Å²) >= 11 is -0.826. The molecular weight excluding hydrogens is 767 g/mol. The summed E-state index contributed by atoms with van der Waals surface area (Å²) < 4.78 is 0. The third kappa shape index (κ3) is 11.4. The molecule has 0 heterocycles. The first kappa shape index (κ1) is 42.5. The standard InChI is InChI=1S/C25H29.C21H23.C2H6Si.2ClH.Zr/c1-25(2,3)22-14-12-19(13-15-22)23-11-7-10-20-16-21(17-24(20)23)18-8-5-4-6-9-18;1-5-15-13-17-7-6-8-19(20(17)14-15)16-9-11-18(12-10-16)21(2,3)4;1-3-2;;;/h7,10-18H,4-6,8-9H2,1-3H3;6-14H,5H2,1-4H3;1-2H3;2*1H;/q2*-1;;;;+4/p-2. The van der Waals surface area contributed by atoms with E-state index in [9.17, 15) is 0 Å². The zero-order valence-corrected chi connectivity index (χ0v) is 37.9. The molecule has 0 aromatic heterocycles. The van der Waals surface area contributed by atoms with Gasteiger partial charge in [0.1, 0.15) is 0 Å². The van der Waals surface area contributed by atoms with Crippen LogP contribution in [0.2, 0.25) is 13.1 Å². The molecule has 52 heavy (non-hydrogen) atoms. The van der Waals surface area contributed by atoms with Crippen molar-refractivity contribution in [3.8, 4) is 22.3 Å². The van der Waals surface area contributed by atoms with E-state index in [1.807, 2.05) is 0 Å². The van der Waals surface area contributed by atoms with Gasteiger partial charge in [-0.05, 0) is 58.3 Å². The number of benzene rings is 4. The molecule has 272 valence electrons. The van der Waals surface area contributed by atoms with Crippen LogP contribution in [-0.4, -0.2) is 9.52 Å². The summed E-state index contributed by atoms with van der Waals surface area (Å²) in [6, 6.07) is 41.1. The number of rotatable bonds is 4. The Labute approximate surface area is 337 Å². The second-order valence-electron chi connectivity index (χ2n) is 16.2. The van der Waals surface area contributed by atoms with Crippen LogP contribution in [0.4, 0.5) is 0 Å². The van der Waals surface area contributed by atoms with Crippen LogP contribution >= 0.6 is 17.0 Å².